The van der Waals surface area contributed by atoms with Crippen molar-refractivity contribution in [2.24, 2.45) is 0 Å². The molecule has 3 aromatic carbocycles. The number of rotatable bonds is 14. The van der Waals surface area contributed by atoms with Gasteiger partial charge < -0.3 is 24.1 Å². The van der Waals surface area contributed by atoms with Crippen molar-refractivity contribution in [2.45, 2.75) is 32.2 Å². The summed E-state index contributed by atoms with van der Waals surface area (Å²) in [4.78, 5) is 17.0. The van der Waals surface area contributed by atoms with E-state index in [0.29, 0.717) is 23.9 Å². The number of hydrogen-bond donors (Lipinski definition) is 1. The number of imidazole rings is 1. The topological polar surface area (TPSA) is 74.6 Å². The number of ether oxygens (including phenoxy) is 3. The quantitative estimate of drug-likeness (QED) is 0.216. The van der Waals surface area contributed by atoms with Gasteiger partial charge in [0.25, 0.3) is 5.91 Å². The molecule has 194 valence electrons. The van der Waals surface area contributed by atoms with Gasteiger partial charge in [0.15, 0.2) is 6.61 Å². The van der Waals surface area contributed by atoms with Crippen molar-refractivity contribution in [1.29, 1.82) is 0 Å². The van der Waals surface area contributed by atoms with Crippen LogP contribution in [0.1, 0.15) is 25.1 Å². The zero-order chi connectivity index (χ0) is 25.9. The molecule has 7 nitrogen and oxygen atoms in total. The van der Waals surface area contributed by atoms with Gasteiger partial charge in [-0.1, -0.05) is 29.8 Å². The molecule has 0 spiro atoms. The van der Waals surface area contributed by atoms with Gasteiger partial charge in [-0.25, -0.2) is 4.98 Å². The number of methoxy groups -OCH3 is 1. The van der Waals surface area contributed by atoms with E-state index in [-0.39, 0.29) is 12.5 Å². The molecule has 0 aliphatic heterocycles. The molecule has 0 radical (unpaired) electrons. The maximum Gasteiger partial charge on any atom is 0.257 e. The molecular formula is C29H32ClN3O4. The summed E-state index contributed by atoms with van der Waals surface area (Å²) in [6.07, 6.45) is 3.45. The highest BCUT2D eigenvalue weighted by Crippen LogP contribution is 2.20. The Kier molecular flexibility index (Phi) is 9.66. The molecule has 1 heterocycles. The average molecular weight is 522 g/mol. The Hall–Kier alpha value is -3.71. The summed E-state index contributed by atoms with van der Waals surface area (Å²) in [6.45, 7) is 2.02. The first-order valence-corrected chi connectivity index (χ1v) is 12.9. The third kappa shape index (κ3) is 7.89. The first-order valence-electron chi connectivity index (χ1n) is 12.5. The van der Waals surface area contributed by atoms with E-state index >= 15 is 0 Å². The van der Waals surface area contributed by atoms with Crippen LogP contribution in [-0.2, 0) is 17.8 Å². The van der Waals surface area contributed by atoms with Gasteiger partial charge in [0.2, 0.25) is 0 Å². The van der Waals surface area contributed by atoms with Gasteiger partial charge in [-0.15, -0.1) is 0 Å². The van der Waals surface area contributed by atoms with Gasteiger partial charge in [-0.2, -0.15) is 0 Å². The van der Waals surface area contributed by atoms with E-state index in [1.165, 1.54) is 0 Å². The van der Waals surface area contributed by atoms with Crippen LogP contribution in [0.2, 0.25) is 5.02 Å². The number of unbranched alkanes of at least 4 members (excludes halogenated alkanes) is 1. The lowest BCUT2D eigenvalue weighted by molar-refractivity contribution is -0.123. The lowest BCUT2D eigenvalue weighted by Crippen LogP contribution is -2.30. The summed E-state index contributed by atoms with van der Waals surface area (Å²) in [5.41, 5.74) is 2.12. The van der Waals surface area contributed by atoms with Crippen LogP contribution in [-0.4, -0.2) is 42.3 Å². The number of fused-ring (bicyclic) bond motifs is 1. The van der Waals surface area contributed by atoms with Crippen LogP contribution in [0.5, 0.6) is 17.2 Å². The summed E-state index contributed by atoms with van der Waals surface area (Å²) in [5.74, 6) is 3.09. The highest BCUT2D eigenvalue weighted by Gasteiger charge is 2.11. The van der Waals surface area contributed by atoms with Crippen LogP contribution in [0.3, 0.4) is 0 Å². The Balaban J connectivity index is 1.22. The standard InChI is InChI=1S/C29H32ClN3O4/c1-35-24-8-6-9-25(20-24)36-19-5-4-18-33-27-11-3-2-10-26(27)32-28(33)12-7-17-31-29(34)21-37-23-15-13-22(30)14-16-23/h2-3,6,8-11,13-16,20H,4-5,7,12,17-19,21H2,1H3,(H,31,34). The zero-order valence-electron chi connectivity index (χ0n) is 21.0. The molecule has 0 aliphatic rings. The van der Waals surface area contributed by atoms with Crippen LogP contribution < -0.4 is 19.5 Å². The minimum absolute atomic E-state index is 0.0298. The summed E-state index contributed by atoms with van der Waals surface area (Å²) < 4.78 is 18.9. The molecule has 4 aromatic rings. The Morgan fingerprint density at radius 3 is 2.57 bits per heavy atom. The maximum atomic E-state index is 12.1. The third-order valence-electron chi connectivity index (χ3n) is 5.90. The minimum Gasteiger partial charge on any atom is -0.497 e. The molecular weight excluding hydrogens is 490 g/mol. The van der Waals surface area contributed by atoms with Gasteiger partial charge in [0, 0.05) is 30.6 Å². The van der Waals surface area contributed by atoms with Crippen molar-refractivity contribution in [3.05, 3.63) is 83.6 Å². The van der Waals surface area contributed by atoms with Crippen LogP contribution in [0.15, 0.2) is 72.8 Å². The smallest absolute Gasteiger partial charge is 0.257 e. The number of para-hydroxylation sites is 2. The number of halogens is 1. The number of carbonyl (C=O) groups excluding carboxylic acids is 1. The lowest BCUT2D eigenvalue weighted by Gasteiger charge is -2.11. The van der Waals surface area contributed by atoms with Crippen molar-refractivity contribution in [3.8, 4) is 17.2 Å². The first-order chi connectivity index (χ1) is 18.1. The Bertz CT molecular complexity index is 1290. The molecule has 0 fully saturated rings. The fourth-order valence-corrected chi connectivity index (χ4v) is 4.15. The molecule has 4 rings (SSSR count). The van der Waals surface area contributed by atoms with Crippen molar-refractivity contribution in [1.82, 2.24) is 14.9 Å². The molecule has 0 atom stereocenters. The molecule has 0 unspecified atom stereocenters. The second kappa shape index (κ2) is 13.6. The van der Waals surface area contributed by atoms with Gasteiger partial charge in [0.1, 0.15) is 23.1 Å². The van der Waals surface area contributed by atoms with E-state index in [0.717, 1.165) is 60.6 Å². The average Bonchev–Trinajstić information content (AvgIpc) is 3.28. The molecule has 0 bridgehead atoms. The zero-order valence-corrected chi connectivity index (χ0v) is 21.7. The van der Waals surface area contributed by atoms with Crippen molar-refractivity contribution < 1.29 is 19.0 Å². The molecule has 8 heteroatoms. The van der Waals surface area contributed by atoms with Crippen LogP contribution in [0.4, 0.5) is 0 Å². The molecule has 0 saturated heterocycles. The molecule has 1 amide bonds. The Labute approximate surface area is 222 Å². The molecule has 1 aromatic heterocycles. The van der Waals surface area contributed by atoms with Gasteiger partial charge in [-0.3, -0.25) is 4.79 Å². The highest BCUT2D eigenvalue weighted by molar-refractivity contribution is 6.30. The van der Waals surface area contributed by atoms with Crippen LogP contribution in [0, 0.1) is 0 Å². The molecule has 1 N–H and O–H groups in total. The second-order valence-electron chi connectivity index (χ2n) is 8.60. The second-order valence-corrected chi connectivity index (χ2v) is 9.04. The van der Waals surface area contributed by atoms with Gasteiger partial charge in [0.05, 0.1) is 24.8 Å². The number of aryl methyl sites for hydroxylation is 2. The number of amides is 1. The largest absolute Gasteiger partial charge is 0.497 e. The predicted molar refractivity (Wildman–Crippen MR) is 146 cm³/mol. The Morgan fingerprint density at radius 1 is 0.919 bits per heavy atom. The monoisotopic (exact) mass is 521 g/mol. The normalized spacial score (nSPS) is 10.9. The first kappa shape index (κ1) is 26.4. The van der Waals surface area contributed by atoms with E-state index in [4.69, 9.17) is 30.8 Å². The molecule has 37 heavy (non-hydrogen) atoms. The van der Waals surface area contributed by atoms with Crippen LogP contribution >= 0.6 is 11.6 Å². The minimum atomic E-state index is -0.153. The van der Waals surface area contributed by atoms with E-state index in [1.807, 2.05) is 42.5 Å². The van der Waals surface area contributed by atoms with Crippen molar-refractivity contribution >= 4 is 28.5 Å². The number of aromatic nitrogens is 2. The van der Waals surface area contributed by atoms with Crippen molar-refractivity contribution in [2.75, 3.05) is 26.9 Å². The molecule has 0 aliphatic carbocycles. The van der Waals surface area contributed by atoms with E-state index in [9.17, 15) is 4.79 Å². The molecule has 0 saturated carbocycles. The number of nitrogens with zero attached hydrogens (tertiary/aromatic N) is 2. The highest BCUT2D eigenvalue weighted by atomic mass is 35.5. The summed E-state index contributed by atoms with van der Waals surface area (Å²) in [5, 5.41) is 3.55. The summed E-state index contributed by atoms with van der Waals surface area (Å²) >= 11 is 5.87. The third-order valence-corrected chi connectivity index (χ3v) is 6.15. The van der Waals surface area contributed by atoms with E-state index in [2.05, 4.69) is 16.0 Å². The van der Waals surface area contributed by atoms with Crippen LogP contribution in [0.25, 0.3) is 11.0 Å². The van der Waals surface area contributed by atoms with Gasteiger partial charge >= 0.3 is 0 Å². The summed E-state index contributed by atoms with van der Waals surface area (Å²) in [7, 11) is 1.65. The summed E-state index contributed by atoms with van der Waals surface area (Å²) in [6, 6.07) is 22.8. The van der Waals surface area contributed by atoms with Crippen molar-refractivity contribution in [3.63, 3.8) is 0 Å². The number of nitrogens with one attached hydrogen (secondary N) is 1. The van der Waals surface area contributed by atoms with E-state index < -0.39 is 0 Å². The number of carbonyl (C=O) groups is 1. The Morgan fingerprint density at radius 2 is 1.73 bits per heavy atom. The lowest BCUT2D eigenvalue weighted by atomic mass is 10.2. The maximum absolute atomic E-state index is 12.1. The fraction of sp³-hybridized carbons (Fsp3) is 0.310. The van der Waals surface area contributed by atoms with E-state index in [1.54, 1.807) is 31.4 Å². The predicted octanol–water partition coefficient (Wildman–Crippen LogP) is 5.69. The fourth-order valence-electron chi connectivity index (χ4n) is 4.02. The number of benzene rings is 3. The van der Waals surface area contributed by atoms with Gasteiger partial charge in [-0.05, 0) is 67.8 Å². The SMILES string of the molecule is COc1cccc(OCCCCn2c(CCCNC(=O)COc3ccc(Cl)cc3)nc3ccccc32)c1. The number of hydrogen-bond acceptors (Lipinski definition) is 5.